The molecule has 21 heavy (non-hydrogen) atoms. The lowest BCUT2D eigenvalue weighted by molar-refractivity contribution is 0.0918. The zero-order valence-corrected chi connectivity index (χ0v) is 12.2. The summed E-state index contributed by atoms with van der Waals surface area (Å²) in [7, 11) is 0. The zero-order chi connectivity index (χ0) is 15.0. The summed E-state index contributed by atoms with van der Waals surface area (Å²) in [6, 6.07) is 1.74. The molecule has 2 N–H and O–H groups in total. The average molecular weight is 289 g/mol. The molecule has 2 aromatic rings. The topological polar surface area (TPSA) is 88.2 Å². The van der Waals surface area contributed by atoms with E-state index in [1.165, 1.54) is 0 Å². The van der Waals surface area contributed by atoms with Crippen molar-refractivity contribution in [2.45, 2.75) is 39.2 Å². The molecule has 0 aliphatic heterocycles. The van der Waals surface area contributed by atoms with E-state index in [0.717, 1.165) is 19.3 Å². The SMILES string of the molecule is Cc1cc(C(=O)NCC2CCCC2O)c2c(C)noc2n1. The van der Waals surface area contributed by atoms with Crippen molar-refractivity contribution in [2.24, 2.45) is 5.92 Å². The molecule has 1 aliphatic rings. The van der Waals surface area contributed by atoms with Crippen molar-refractivity contribution in [2.75, 3.05) is 6.54 Å². The lowest BCUT2D eigenvalue weighted by atomic mass is 10.1. The van der Waals surface area contributed by atoms with Crippen LogP contribution >= 0.6 is 0 Å². The van der Waals surface area contributed by atoms with Crippen molar-refractivity contribution >= 4 is 17.0 Å². The third-order valence-electron chi connectivity index (χ3n) is 4.13. The molecule has 1 amide bonds. The summed E-state index contributed by atoms with van der Waals surface area (Å²) in [5.41, 5.74) is 2.29. The van der Waals surface area contributed by atoms with E-state index in [9.17, 15) is 9.90 Å². The standard InChI is InChI=1S/C15H19N3O3/c1-8-6-11(13-9(2)18-21-15(13)17-8)14(20)16-7-10-4-3-5-12(10)19/h6,10,12,19H,3-5,7H2,1-2H3,(H,16,20). The Bertz CT molecular complexity index is 680. The lowest BCUT2D eigenvalue weighted by Crippen LogP contribution is -2.32. The molecule has 2 unspecified atom stereocenters. The van der Waals surface area contributed by atoms with Gasteiger partial charge in [-0.2, -0.15) is 0 Å². The highest BCUT2D eigenvalue weighted by molar-refractivity contribution is 6.06. The molecule has 0 radical (unpaired) electrons. The van der Waals surface area contributed by atoms with Gasteiger partial charge in [0.05, 0.1) is 22.7 Å². The highest BCUT2D eigenvalue weighted by atomic mass is 16.5. The number of aliphatic hydroxyl groups is 1. The Morgan fingerprint density at radius 3 is 3.00 bits per heavy atom. The van der Waals surface area contributed by atoms with E-state index >= 15 is 0 Å². The van der Waals surface area contributed by atoms with Gasteiger partial charge in [0.15, 0.2) is 0 Å². The van der Waals surface area contributed by atoms with Crippen LogP contribution in [0.1, 0.15) is 41.0 Å². The van der Waals surface area contributed by atoms with E-state index < -0.39 is 0 Å². The maximum atomic E-state index is 12.4. The summed E-state index contributed by atoms with van der Waals surface area (Å²) in [5.74, 6) is -0.0214. The quantitative estimate of drug-likeness (QED) is 0.898. The summed E-state index contributed by atoms with van der Waals surface area (Å²) >= 11 is 0. The number of carbonyl (C=O) groups is 1. The number of nitrogens with zero attached hydrogens (tertiary/aromatic N) is 2. The van der Waals surface area contributed by atoms with Gasteiger partial charge >= 0.3 is 0 Å². The Labute approximate surface area is 122 Å². The van der Waals surface area contributed by atoms with Crippen LogP contribution in [0.4, 0.5) is 0 Å². The fraction of sp³-hybridized carbons (Fsp3) is 0.533. The maximum absolute atomic E-state index is 12.4. The predicted octanol–water partition coefficient (Wildman–Crippen LogP) is 1.73. The van der Waals surface area contributed by atoms with Crippen molar-refractivity contribution in [3.8, 4) is 0 Å². The number of carbonyl (C=O) groups excluding carboxylic acids is 1. The first kappa shape index (κ1) is 14.0. The minimum absolute atomic E-state index is 0.149. The first-order chi connectivity index (χ1) is 10.1. The number of hydrogen-bond donors (Lipinski definition) is 2. The average Bonchev–Trinajstić information content (AvgIpc) is 3.02. The molecule has 2 atom stereocenters. The Balaban J connectivity index is 1.82. The van der Waals surface area contributed by atoms with E-state index in [1.54, 1.807) is 13.0 Å². The van der Waals surface area contributed by atoms with Crippen molar-refractivity contribution in [3.05, 3.63) is 23.0 Å². The highest BCUT2D eigenvalue weighted by Crippen LogP contribution is 2.25. The number of amides is 1. The van der Waals surface area contributed by atoms with Gasteiger partial charge in [0.25, 0.3) is 11.6 Å². The molecule has 1 fully saturated rings. The molecule has 0 bridgehead atoms. The second-order valence-electron chi connectivity index (χ2n) is 5.73. The Morgan fingerprint density at radius 1 is 1.48 bits per heavy atom. The summed E-state index contributed by atoms with van der Waals surface area (Å²) in [6.07, 6.45) is 2.50. The number of rotatable bonds is 3. The Hall–Kier alpha value is -1.95. The molecular weight excluding hydrogens is 270 g/mol. The fourth-order valence-electron chi connectivity index (χ4n) is 2.97. The normalized spacial score (nSPS) is 21.9. The largest absolute Gasteiger partial charge is 0.393 e. The summed E-state index contributed by atoms with van der Waals surface area (Å²) in [6.45, 7) is 4.10. The van der Waals surface area contributed by atoms with Crippen molar-refractivity contribution in [1.82, 2.24) is 15.5 Å². The summed E-state index contributed by atoms with van der Waals surface area (Å²) < 4.78 is 5.13. The molecule has 3 rings (SSSR count). The number of nitrogens with one attached hydrogen (secondary N) is 1. The monoisotopic (exact) mass is 289 g/mol. The highest BCUT2D eigenvalue weighted by Gasteiger charge is 2.26. The van der Waals surface area contributed by atoms with Gasteiger partial charge < -0.3 is 14.9 Å². The molecule has 0 aromatic carbocycles. The third-order valence-corrected chi connectivity index (χ3v) is 4.13. The van der Waals surface area contributed by atoms with E-state index in [-0.39, 0.29) is 17.9 Å². The number of hydrogen-bond acceptors (Lipinski definition) is 5. The Morgan fingerprint density at radius 2 is 2.29 bits per heavy atom. The number of fused-ring (bicyclic) bond motifs is 1. The van der Waals surface area contributed by atoms with Crippen molar-refractivity contribution in [3.63, 3.8) is 0 Å². The van der Waals surface area contributed by atoms with Gasteiger partial charge in [-0.3, -0.25) is 4.79 Å². The molecule has 1 aliphatic carbocycles. The number of aromatic nitrogens is 2. The molecule has 1 saturated carbocycles. The smallest absolute Gasteiger partial charge is 0.258 e. The van der Waals surface area contributed by atoms with Gasteiger partial charge in [-0.05, 0) is 32.8 Å². The van der Waals surface area contributed by atoms with Crippen LogP contribution < -0.4 is 5.32 Å². The molecule has 2 heterocycles. The van der Waals surface area contributed by atoms with Crippen LogP contribution in [-0.4, -0.2) is 33.8 Å². The minimum Gasteiger partial charge on any atom is -0.393 e. The van der Waals surface area contributed by atoms with Gasteiger partial charge in [0, 0.05) is 18.2 Å². The van der Waals surface area contributed by atoms with Crippen LogP contribution in [0.25, 0.3) is 11.1 Å². The van der Waals surface area contributed by atoms with Crippen LogP contribution in [0.15, 0.2) is 10.6 Å². The van der Waals surface area contributed by atoms with Crippen LogP contribution in [0.2, 0.25) is 0 Å². The predicted molar refractivity (Wildman–Crippen MR) is 77.0 cm³/mol. The molecule has 6 heteroatoms. The van der Waals surface area contributed by atoms with Crippen molar-refractivity contribution < 1.29 is 14.4 Å². The molecule has 0 spiro atoms. The van der Waals surface area contributed by atoms with Crippen LogP contribution in [0.5, 0.6) is 0 Å². The number of aryl methyl sites for hydroxylation is 2. The third kappa shape index (κ3) is 2.63. The molecule has 0 saturated heterocycles. The fourth-order valence-corrected chi connectivity index (χ4v) is 2.97. The van der Waals surface area contributed by atoms with Gasteiger partial charge in [-0.1, -0.05) is 11.6 Å². The van der Waals surface area contributed by atoms with Crippen molar-refractivity contribution in [1.29, 1.82) is 0 Å². The zero-order valence-electron chi connectivity index (χ0n) is 12.2. The first-order valence-corrected chi connectivity index (χ1v) is 7.26. The molecule has 2 aromatic heterocycles. The number of aliphatic hydroxyl groups excluding tert-OH is 1. The minimum atomic E-state index is -0.304. The van der Waals surface area contributed by atoms with E-state index in [2.05, 4.69) is 15.5 Å². The van der Waals surface area contributed by atoms with E-state index in [4.69, 9.17) is 4.52 Å². The molecule has 6 nitrogen and oxygen atoms in total. The second kappa shape index (κ2) is 5.44. The van der Waals surface area contributed by atoms with Crippen LogP contribution in [0.3, 0.4) is 0 Å². The molecular formula is C15H19N3O3. The van der Waals surface area contributed by atoms with Gasteiger partial charge in [0.1, 0.15) is 0 Å². The van der Waals surface area contributed by atoms with E-state index in [1.807, 2.05) is 6.92 Å². The maximum Gasteiger partial charge on any atom is 0.258 e. The summed E-state index contributed by atoms with van der Waals surface area (Å²) in [4.78, 5) is 16.7. The van der Waals surface area contributed by atoms with Crippen LogP contribution in [-0.2, 0) is 0 Å². The van der Waals surface area contributed by atoms with E-state index in [0.29, 0.717) is 34.6 Å². The van der Waals surface area contributed by atoms with Gasteiger partial charge in [-0.15, -0.1) is 0 Å². The number of pyridine rings is 1. The Kier molecular flexibility index (Phi) is 3.63. The van der Waals surface area contributed by atoms with Gasteiger partial charge in [-0.25, -0.2) is 4.98 Å². The summed E-state index contributed by atoms with van der Waals surface area (Å²) in [5, 5.41) is 17.3. The molecule has 112 valence electrons. The van der Waals surface area contributed by atoms with Gasteiger partial charge in [0.2, 0.25) is 0 Å². The first-order valence-electron chi connectivity index (χ1n) is 7.26. The lowest BCUT2D eigenvalue weighted by Gasteiger charge is -2.15. The second-order valence-corrected chi connectivity index (χ2v) is 5.73. The van der Waals surface area contributed by atoms with Crippen LogP contribution in [0, 0.1) is 19.8 Å².